The van der Waals surface area contributed by atoms with Crippen molar-refractivity contribution in [3.8, 4) is 0 Å². The van der Waals surface area contributed by atoms with Gasteiger partial charge in [0.15, 0.2) is 0 Å². The number of amides is 2. The number of likely N-dealkylation sites (tertiary alicyclic amines) is 1. The van der Waals surface area contributed by atoms with E-state index >= 15 is 0 Å². The van der Waals surface area contributed by atoms with Crippen molar-refractivity contribution in [2.24, 2.45) is 0 Å². The van der Waals surface area contributed by atoms with Gasteiger partial charge in [0.2, 0.25) is 0 Å². The molecule has 1 saturated heterocycles. The first-order chi connectivity index (χ1) is 11.4. The van der Waals surface area contributed by atoms with E-state index in [-0.39, 0.29) is 23.5 Å². The second-order valence-corrected chi connectivity index (χ2v) is 9.23. The van der Waals surface area contributed by atoms with E-state index in [0.29, 0.717) is 0 Å². The topological polar surface area (TPSA) is 45.2 Å². The van der Waals surface area contributed by atoms with E-state index in [1.165, 1.54) is 4.88 Å². The molecule has 0 spiro atoms. The van der Waals surface area contributed by atoms with Crippen LogP contribution in [0.25, 0.3) is 0 Å². The van der Waals surface area contributed by atoms with Crippen LogP contribution in [0.5, 0.6) is 0 Å². The number of carbonyl (C=O) groups is 1. The lowest BCUT2D eigenvalue weighted by Crippen LogP contribution is -2.40. The molecule has 0 saturated carbocycles. The fraction of sp³-hybridized carbons (Fsp3) is 0.556. The smallest absolute Gasteiger partial charge is 0.318 e. The van der Waals surface area contributed by atoms with Gasteiger partial charge in [-0.3, -0.25) is 0 Å². The van der Waals surface area contributed by atoms with Crippen molar-refractivity contribution in [2.45, 2.75) is 58.0 Å². The lowest BCUT2D eigenvalue weighted by Gasteiger charge is -2.25. The number of nitrogens with one attached hydrogen (secondary N) is 1. The van der Waals surface area contributed by atoms with Gasteiger partial charge in [0.05, 0.1) is 17.8 Å². The molecule has 1 aliphatic heterocycles. The Morgan fingerprint density at radius 1 is 1.42 bits per heavy atom. The summed E-state index contributed by atoms with van der Waals surface area (Å²) in [5.74, 6) is 0. The molecule has 0 unspecified atom stereocenters. The summed E-state index contributed by atoms with van der Waals surface area (Å²) in [5.41, 5.74) is 1.12. The average Bonchev–Trinajstić information content (AvgIpc) is 3.25. The monoisotopic (exact) mass is 363 g/mol. The van der Waals surface area contributed by atoms with E-state index in [2.05, 4.69) is 49.0 Å². The van der Waals surface area contributed by atoms with E-state index < -0.39 is 0 Å². The molecule has 2 aromatic heterocycles. The fourth-order valence-corrected chi connectivity index (χ4v) is 4.87. The highest BCUT2D eigenvalue weighted by molar-refractivity contribution is 7.10. The van der Waals surface area contributed by atoms with Crippen molar-refractivity contribution in [3.63, 3.8) is 0 Å². The zero-order chi connectivity index (χ0) is 17.3. The molecule has 2 amide bonds. The molecule has 2 aromatic rings. The Hall–Kier alpha value is -1.40. The molecule has 1 fully saturated rings. The Morgan fingerprint density at radius 2 is 2.21 bits per heavy atom. The Labute approximate surface area is 151 Å². The van der Waals surface area contributed by atoms with E-state index in [9.17, 15) is 4.79 Å². The highest BCUT2D eigenvalue weighted by Gasteiger charge is 2.31. The Morgan fingerprint density at radius 3 is 2.83 bits per heavy atom. The van der Waals surface area contributed by atoms with Gasteiger partial charge in [0, 0.05) is 22.2 Å². The van der Waals surface area contributed by atoms with E-state index in [1.807, 2.05) is 11.8 Å². The molecule has 1 aliphatic rings. The highest BCUT2D eigenvalue weighted by Crippen LogP contribution is 2.35. The van der Waals surface area contributed by atoms with Gasteiger partial charge in [-0.15, -0.1) is 22.7 Å². The third kappa shape index (κ3) is 3.64. The first kappa shape index (κ1) is 17.4. The van der Waals surface area contributed by atoms with Crippen molar-refractivity contribution in [1.29, 1.82) is 0 Å². The lowest BCUT2D eigenvalue weighted by atomic mass is 9.93. The summed E-state index contributed by atoms with van der Waals surface area (Å²) in [5, 5.41) is 8.29. The summed E-state index contributed by atoms with van der Waals surface area (Å²) in [6.45, 7) is 9.31. The van der Waals surface area contributed by atoms with Crippen molar-refractivity contribution >= 4 is 28.7 Å². The van der Waals surface area contributed by atoms with Gasteiger partial charge in [-0.1, -0.05) is 26.8 Å². The minimum absolute atomic E-state index is 0.0194. The molecule has 0 radical (unpaired) electrons. The maximum absolute atomic E-state index is 12.7. The van der Waals surface area contributed by atoms with Gasteiger partial charge < -0.3 is 10.2 Å². The minimum Gasteiger partial charge on any atom is -0.329 e. The molecule has 3 heterocycles. The largest absolute Gasteiger partial charge is 0.329 e. The Balaban J connectivity index is 1.67. The normalized spacial score (nSPS) is 19.5. The third-order valence-corrected chi connectivity index (χ3v) is 6.39. The van der Waals surface area contributed by atoms with Crippen LogP contribution >= 0.6 is 22.7 Å². The number of thiophene rings is 1. The van der Waals surface area contributed by atoms with E-state index in [0.717, 1.165) is 30.1 Å². The number of carbonyl (C=O) groups excluding carboxylic acids is 1. The number of hydrogen-bond acceptors (Lipinski definition) is 4. The molecular weight excluding hydrogens is 338 g/mol. The first-order valence-corrected chi connectivity index (χ1v) is 10.2. The van der Waals surface area contributed by atoms with Gasteiger partial charge in [0.1, 0.15) is 5.01 Å². The molecule has 2 atom stereocenters. The van der Waals surface area contributed by atoms with Crippen LogP contribution in [0.1, 0.15) is 68.2 Å². The Bertz CT molecular complexity index is 687. The molecular formula is C18H25N3OS2. The SMILES string of the molecule is C[C@@H](NC(=O)N1CCC[C@H]1c1cccs1)c1nc(C(C)(C)C)cs1. The number of hydrogen-bond donors (Lipinski definition) is 1. The maximum atomic E-state index is 12.7. The van der Waals surface area contributed by atoms with Crippen LogP contribution in [0.3, 0.4) is 0 Å². The lowest BCUT2D eigenvalue weighted by molar-refractivity contribution is 0.190. The first-order valence-electron chi connectivity index (χ1n) is 8.42. The summed E-state index contributed by atoms with van der Waals surface area (Å²) < 4.78 is 0. The summed E-state index contributed by atoms with van der Waals surface area (Å²) in [4.78, 5) is 20.7. The van der Waals surface area contributed by atoms with E-state index in [1.54, 1.807) is 22.7 Å². The minimum atomic E-state index is -0.0665. The van der Waals surface area contributed by atoms with E-state index in [4.69, 9.17) is 4.98 Å². The van der Waals surface area contributed by atoms with Crippen LogP contribution in [-0.4, -0.2) is 22.5 Å². The molecule has 0 aliphatic carbocycles. The molecule has 130 valence electrons. The third-order valence-electron chi connectivity index (χ3n) is 4.39. The molecule has 3 rings (SSSR count). The molecule has 4 nitrogen and oxygen atoms in total. The Kier molecular flexibility index (Phi) is 4.97. The van der Waals surface area contributed by atoms with Crippen LogP contribution < -0.4 is 5.32 Å². The van der Waals surface area contributed by atoms with Crippen molar-refractivity contribution in [3.05, 3.63) is 38.5 Å². The second-order valence-electron chi connectivity index (χ2n) is 7.36. The average molecular weight is 364 g/mol. The number of urea groups is 1. The summed E-state index contributed by atoms with van der Waals surface area (Å²) >= 11 is 3.36. The maximum Gasteiger partial charge on any atom is 0.318 e. The number of rotatable bonds is 3. The van der Waals surface area contributed by atoms with Gasteiger partial charge in [-0.25, -0.2) is 9.78 Å². The summed E-state index contributed by atoms with van der Waals surface area (Å²) in [7, 11) is 0. The molecule has 1 N–H and O–H groups in total. The predicted molar refractivity (Wildman–Crippen MR) is 101 cm³/mol. The van der Waals surface area contributed by atoms with Gasteiger partial charge in [-0.2, -0.15) is 0 Å². The van der Waals surface area contributed by atoms with Gasteiger partial charge in [-0.05, 0) is 31.2 Å². The molecule has 0 bridgehead atoms. The second kappa shape index (κ2) is 6.84. The number of thiazole rings is 1. The van der Waals surface area contributed by atoms with Crippen LogP contribution in [0.15, 0.2) is 22.9 Å². The number of nitrogens with zero attached hydrogens (tertiary/aromatic N) is 2. The van der Waals surface area contributed by atoms with Crippen molar-refractivity contribution < 1.29 is 4.79 Å². The molecule has 24 heavy (non-hydrogen) atoms. The van der Waals surface area contributed by atoms with Crippen LogP contribution in [-0.2, 0) is 5.41 Å². The van der Waals surface area contributed by atoms with Gasteiger partial charge >= 0.3 is 6.03 Å². The fourth-order valence-electron chi connectivity index (χ4n) is 2.95. The van der Waals surface area contributed by atoms with Crippen LogP contribution in [0.4, 0.5) is 4.79 Å². The standard InChI is InChI=1S/C18H25N3OS2/c1-12(16-20-15(11-24-16)18(2,3)4)19-17(22)21-9-5-7-13(21)14-8-6-10-23-14/h6,8,10-13H,5,7,9H2,1-4H3,(H,19,22)/t12-,13+/m1/s1. The predicted octanol–water partition coefficient (Wildman–Crippen LogP) is 5.11. The van der Waals surface area contributed by atoms with Crippen LogP contribution in [0, 0.1) is 0 Å². The van der Waals surface area contributed by atoms with Crippen molar-refractivity contribution in [1.82, 2.24) is 15.2 Å². The van der Waals surface area contributed by atoms with Crippen LogP contribution in [0.2, 0.25) is 0 Å². The zero-order valence-electron chi connectivity index (χ0n) is 14.7. The zero-order valence-corrected chi connectivity index (χ0v) is 16.3. The number of aromatic nitrogens is 1. The summed E-state index contributed by atoms with van der Waals surface area (Å²) in [6.07, 6.45) is 2.11. The highest BCUT2D eigenvalue weighted by atomic mass is 32.1. The molecule has 0 aromatic carbocycles. The van der Waals surface area contributed by atoms with Gasteiger partial charge in [0.25, 0.3) is 0 Å². The quantitative estimate of drug-likeness (QED) is 0.823. The van der Waals surface area contributed by atoms with Crippen molar-refractivity contribution in [2.75, 3.05) is 6.54 Å². The summed E-state index contributed by atoms with van der Waals surface area (Å²) in [6, 6.07) is 4.36. The molecule has 6 heteroatoms.